The Hall–Kier alpha value is -0.752. The molecule has 0 saturated heterocycles. The molecule has 0 saturated carbocycles. The summed E-state index contributed by atoms with van der Waals surface area (Å²) in [6.07, 6.45) is 2.68. The monoisotopic (exact) mass is 269 g/mol. The average Bonchev–Trinajstić information content (AvgIpc) is 2.03. The maximum Gasteiger partial charge on any atom is 0.328 e. The van der Waals surface area contributed by atoms with Crippen molar-refractivity contribution in [1.29, 1.82) is 0 Å². The Labute approximate surface area is 88.4 Å². The fourth-order valence-corrected chi connectivity index (χ4v) is 0.732. The molecular weight excluding hydrogens is 262 g/mol. The standard InChI is InChI=1S/C9H8O2.Sb/c10-9(11)7-6-8-4-2-1-3-5-8;/h1-7H,(H,10,11);. The smallest absolute Gasteiger partial charge is 0.328 e. The molecule has 2 nitrogen and oxygen atoms in total. The van der Waals surface area contributed by atoms with Crippen LogP contribution in [0.5, 0.6) is 0 Å². The molecule has 1 rings (SSSR count). The summed E-state index contributed by atoms with van der Waals surface area (Å²) in [7, 11) is 0. The molecule has 0 amide bonds. The summed E-state index contributed by atoms with van der Waals surface area (Å²) in [5, 5.41) is 8.29. The van der Waals surface area contributed by atoms with Gasteiger partial charge in [0.2, 0.25) is 0 Å². The van der Waals surface area contributed by atoms with Gasteiger partial charge in [0, 0.05) is 30.5 Å². The summed E-state index contributed by atoms with van der Waals surface area (Å²) >= 11 is 0. The zero-order valence-electron chi connectivity index (χ0n) is 6.34. The van der Waals surface area contributed by atoms with E-state index in [0.29, 0.717) is 0 Å². The van der Waals surface area contributed by atoms with E-state index >= 15 is 0 Å². The maximum absolute atomic E-state index is 10.1. The van der Waals surface area contributed by atoms with E-state index in [9.17, 15) is 4.79 Å². The van der Waals surface area contributed by atoms with Crippen LogP contribution >= 0.6 is 0 Å². The SMILES string of the molecule is O=C(O)C=Cc1ccccc1.[Sb]. The third-order valence-electron chi connectivity index (χ3n) is 1.22. The Kier molecular flexibility index (Phi) is 5.48. The van der Waals surface area contributed by atoms with Crippen LogP contribution in [-0.2, 0) is 4.79 Å². The molecule has 0 fully saturated rings. The van der Waals surface area contributed by atoms with Crippen LogP contribution in [0.1, 0.15) is 5.56 Å². The van der Waals surface area contributed by atoms with Gasteiger partial charge in [-0.05, 0) is 11.6 Å². The molecule has 0 aromatic heterocycles. The van der Waals surface area contributed by atoms with E-state index in [1.54, 1.807) is 6.08 Å². The summed E-state index contributed by atoms with van der Waals surface area (Å²) in [5.74, 6) is -0.922. The normalized spacial score (nSPS) is 9.33. The number of hydrogen-bond acceptors (Lipinski definition) is 1. The van der Waals surface area contributed by atoms with E-state index in [-0.39, 0.29) is 24.4 Å². The summed E-state index contributed by atoms with van der Waals surface area (Å²) in [6.45, 7) is 0. The van der Waals surface area contributed by atoms with Crippen molar-refractivity contribution in [3.8, 4) is 0 Å². The molecule has 0 unspecified atom stereocenters. The van der Waals surface area contributed by atoms with Gasteiger partial charge in [0.05, 0.1) is 0 Å². The van der Waals surface area contributed by atoms with Crippen molar-refractivity contribution >= 4 is 36.5 Å². The Bertz CT molecular complexity index is 267. The molecule has 0 spiro atoms. The zero-order chi connectivity index (χ0) is 8.10. The molecule has 0 aliphatic carbocycles. The Morgan fingerprint density at radius 2 is 1.83 bits per heavy atom. The van der Waals surface area contributed by atoms with Gasteiger partial charge in [0.1, 0.15) is 0 Å². The van der Waals surface area contributed by atoms with Gasteiger partial charge in [-0.1, -0.05) is 30.3 Å². The minimum absolute atomic E-state index is 0. The molecule has 0 bridgehead atoms. The number of aliphatic carboxylic acids is 1. The molecule has 1 N–H and O–H groups in total. The van der Waals surface area contributed by atoms with Gasteiger partial charge in [-0.3, -0.25) is 0 Å². The molecule has 1 aromatic rings. The second kappa shape index (κ2) is 5.84. The van der Waals surface area contributed by atoms with Gasteiger partial charge < -0.3 is 5.11 Å². The largest absolute Gasteiger partial charge is 0.478 e. The van der Waals surface area contributed by atoms with Crippen LogP contribution < -0.4 is 0 Å². The van der Waals surface area contributed by atoms with E-state index in [0.717, 1.165) is 11.6 Å². The molecule has 0 heterocycles. The van der Waals surface area contributed by atoms with E-state index in [1.165, 1.54) is 0 Å². The molecule has 0 aliphatic rings. The molecule has 61 valence electrons. The van der Waals surface area contributed by atoms with Crippen molar-refractivity contribution in [2.24, 2.45) is 0 Å². The van der Waals surface area contributed by atoms with Gasteiger partial charge in [-0.2, -0.15) is 0 Å². The van der Waals surface area contributed by atoms with Crippen molar-refractivity contribution in [2.45, 2.75) is 0 Å². The first-order chi connectivity index (χ1) is 5.29. The molecule has 1 aromatic carbocycles. The van der Waals surface area contributed by atoms with Gasteiger partial charge in [0.15, 0.2) is 0 Å². The van der Waals surface area contributed by atoms with Crippen LogP contribution in [0, 0.1) is 0 Å². The zero-order valence-corrected chi connectivity index (χ0v) is 8.90. The number of carbonyl (C=O) groups is 1. The summed E-state index contributed by atoms with van der Waals surface area (Å²) in [4.78, 5) is 10.1. The summed E-state index contributed by atoms with van der Waals surface area (Å²) in [5.41, 5.74) is 0.898. The first-order valence-corrected chi connectivity index (χ1v) is 3.25. The number of rotatable bonds is 2. The minimum atomic E-state index is -0.922. The van der Waals surface area contributed by atoms with Gasteiger partial charge >= 0.3 is 5.97 Å². The molecule has 3 heteroatoms. The summed E-state index contributed by atoms with van der Waals surface area (Å²) < 4.78 is 0. The van der Waals surface area contributed by atoms with Crippen molar-refractivity contribution in [2.75, 3.05) is 0 Å². The fraction of sp³-hybridized carbons (Fsp3) is 0. The maximum atomic E-state index is 10.1. The minimum Gasteiger partial charge on any atom is -0.478 e. The molecule has 3 radical (unpaired) electrons. The predicted molar refractivity (Wildman–Crippen MR) is 48.9 cm³/mol. The molecule has 0 aliphatic heterocycles. The van der Waals surface area contributed by atoms with Crippen LogP contribution in [0.2, 0.25) is 0 Å². The van der Waals surface area contributed by atoms with Crippen LogP contribution in [0.15, 0.2) is 36.4 Å². The number of carboxylic acids is 1. The van der Waals surface area contributed by atoms with Crippen LogP contribution in [0.25, 0.3) is 6.08 Å². The topological polar surface area (TPSA) is 37.3 Å². The van der Waals surface area contributed by atoms with E-state index in [2.05, 4.69) is 0 Å². The third-order valence-corrected chi connectivity index (χ3v) is 1.22. The predicted octanol–water partition coefficient (Wildman–Crippen LogP) is 1.40. The van der Waals surface area contributed by atoms with E-state index in [4.69, 9.17) is 5.11 Å². The Morgan fingerprint density at radius 1 is 1.25 bits per heavy atom. The number of carboxylic acid groups (broad SMARTS) is 1. The van der Waals surface area contributed by atoms with Crippen LogP contribution in [-0.4, -0.2) is 35.5 Å². The molecular formula is C9H8O2Sb. The average molecular weight is 270 g/mol. The summed E-state index contributed by atoms with van der Waals surface area (Å²) in [6, 6.07) is 9.31. The quantitative estimate of drug-likeness (QED) is 0.651. The Balaban J connectivity index is 0.00000121. The number of benzene rings is 1. The van der Waals surface area contributed by atoms with E-state index in [1.807, 2.05) is 30.3 Å². The first kappa shape index (κ1) is 11.2. The third kappa shape index (κ3) is 4.19. The van der Waals surface area contributed by atoms with E-state index < -0.39 is 5.97 Å². The van der Waals surface area contributed by atoms with Crippen molar-refractivity contribution in [1.82, 2.24) is 0 Å². The van der Waals surface area contributed by atoms with Crippen molar-refractivity contribution in [3.05, 3.63) is 42.0 Å². The second-order valence-corrected chi connectivity index (χ2v) is 2.08. The van der Waals surface area contributed by atoms with Gasteiger partial charge in [-0.25, -0.2) is 4.79 Å². The second-order valence-electron chi connectivity index (χ2n) is 2.08. The molecule has 0 atom stereocenters. The first-order valence-electron chi connectivity index (χ1n) is 3.25. The van der Waals surface area contributed by atoms with Gasteiger partial charge in [-0.15, -0.1) is 0 Å². The number of hydrogen-bond donors (Lipinski definition) is 1. The van der Waals surface area contributed by atoms with Crippen LogP contribution in [0.3, 0.4) is 0 Å². The Morgan fingerprint density at radius 3 is 2.33 bits per heavy atom. The van der Waals surface area contributed by atoms with Crippen molar-refractivity contribution < 1.29 is 9.90 Å². The van der Waals surface area contributed by atoms with Crippen LogP contribution in [0.4, 0.5) is 0 Å². The van der Waals surface area contributed by atoms with Crippen molar-refractivity contribution in [3.63, 3.8) is 0 Å². The molecule has 12 heavy (non-hydrogen) atoms. The van der Waals surface area contributed by atoms with Gasteiger partial charge in [0.25, 0.3) is 0 Å². The fourth-order valence-electron chi connectivity index (χ4n) is 0.732.